The van der Waals surface area contributed by atoms with Crippen molar-refractivity contribution in [3.05, 3.63) is 59.7 Å². The summed E-state index contributed by atoms with van der Waals surface area (Å²) in [4.78, 5) is 11.9. The van der Waals surface area contributed by atoms with Gasteiger partial charge in [-0.05, 0) is 30.2 Å². The molecule has 2 aromatic rings. The zero-order valence-electron chi connectivity index (χ0n) is 13.4. The summed E-state index contributed by atoms with van der Waals surface area (Å²) in [5.41, 5.74) is 2.58. The lowest BCUT2D eigenvalue weighted by Gasteiger charge is -2.15. The van der Waals surface area contributed by atoms with E-state index in [2.05, 4.69) is 10.6 Å². The Morgan fingerprint density at radius 3 is 2.61 bits per heavy atom. The summed E-state index contributed by atoms with van der Waals surface area (Å²) in [6.45, 7) is 2.22. The topological polar surface area (TPSA) is 70.6 Å². The summed E-state index contributed by atoms with van der Waals surface area (Å²) in [5.74, 6) is 0.490. The molecule has 0 aliphatic rings. The van der Waals surface area contributed by atoms with Crippen molar-refractivity contribution in [2.45, 2.75) is 13.0 Å². The Labute approximate surface area is 136 Å². The molecule has 0 radical (unpaired) electrons. The molecule has 0 bridgehead atoms. The number of para-hydroxylation sites is 2. The number of aryl methyl sites for hydroxylation is 1. The third kappa shape index (κ3) is 4.72. The summed E-state index contributed by atoms with van der Waals surface area (Å²) in [6, 6.07) is 15.0. The summed E-state index contributed by atoms with van der Waals surface area (Å²) in [7, 11) is 1.58. The van der Waals surface area contributed by atoms with Crippen LogP contribution in [0.4, 0.5) is 5.69 Å². The van der Waals surface area contributed by atoms with Gasteiger partial charge in [-0.15, -0.1) is 0 Å². The predicted molar refractivity (Wildman–Crippen MR) is 90.6 cm³/mol. The minimum Gasteiger partial charge on any atom is -0.495 e. The number of nitrogens with one attached hydrogen (secondary N) is 2. The van der Waals surface area contributed by atoms with Gasteiger partial charge in [-0.2, -0.15) is 0 Å². The second-order valence-electron chi connectivity index (χ2n) is 5.23. The van der Waals surface area contributed by atoms with E-state index in [9.17, 15) is 9.90 Å². The normalized spacial score (nSPS) is 11.6. The highest BCUT2D eigenvalue weighted by molar-refractivity contribution is 5.81. The number of amides is 1. The zero-order chi connectivity index (χ0) is 16.7. The summed E-state index contributed by atoms with van der Waals surface area (Å²) < 4.78 is 5.21. The molecule has 0 saturated heterocycles. The van der Waals surface area contributed by atoms with Crippen LogP contribution in [0, 0.1) is 6.92 Å². The minimum absolute atomic E-state index is 0.112. The fourth-order valence-corrected chi connectivity index (χ4v) is 2.31. The Balaban J connectivity index is 1.82. The smallest absolute Gasteiger partial charge is 0.239 e. The van der Waals surface area contributed by atoms with Crippen LogP contribution in [0.3, 0.4) is 0 Å². The number of carbonyl (C=O) groups is 1. The number of anilines is 1. The molecular formula is C18H22N2O3. The molecule has 5 heteroatoms. The summed E-state index contributed by atoms with van der Waals surface area (Å²) in [5, 5.41) is 15.9. The number of carbonyl (C=O) groups excluding carboxylic acids is 1. The van der Waals surface area contributed by atoms with Gasteiger partial charge >= 0.3 is 0 Å². The van der Waals surface area contributed by atoms with E-state index in [1.54, 1.807) is 7.11 Å². The number of methoxy groups -OCH3 is 1. The predicted octanol–water partition coefficient (Wildman–Crippen LogP) is 2.27. The number of rotatable bonds is 7. The van der Waals surface area contributed by atoms with E-state index in [-0.39, 0.29) is 19.0 Å². The molecule has 0 spiro atoms. The average molecular weight is 314 g/mol. The van der Waals surface area contributed by atoms with Crippen LogP contribution in [0.2, 0.25) is 0 Å². The van der Waals surface area contributed by atoms with Crippen molar-refractivity contribution in [1.82, 2.24) is 5.32 Å². The van der Waals surface area contributed by atoms with Gasteiger partial charge < -0.3 is 20.5 Å². The highest BCUT2D eigenvalue weighted by atomic mass is 16.5. The standard InChI is InChI=1S/C18H22N2O3/c1-13-7-3-4-8-14(13)16(21)11-20-18(22)12-19-15-9-5-6-10-17(15)23-2/h3-10,16,19,21H,11-12H2,1-2H3,(H,20,22). The third-order valence-electron chi connectivity index (χ3n) is 3.59. The van der Waals surface area contributed by atoms with Crippen LogP contribution in [-0.2, 0) is 4.79 Å². The van der Waals surface area contributed by atoms with Gasteiger partial charge in [0.15, 0.2) is 0 Å². The Hall–Kier alpha value is -2.53. The van der Waals surface area contributed by atoms with Crippen LogP contribution in [-0.4, -0.2) is 31.2 Å². The lowest BCUT2D eigenvalue weighted by Crippen LogP contribution is -2.33. The molecule has 0 aliphatic heterocycles. The van der Waals surface area contributed by atoms with Crippen molar-refractivity contribution >= 4 is 11.6 Å². The lowest BCUT2D eigenvalue weighted by atomic mass is 10.0. The highest BCUT2D eigenvalue weighted by Crippen LogP contribution is 2.22. The number of aliphatic hydroxyl groups excluding tert-OH is 1. The molecule has 0 heterocycles. The first-order valence-electron chi connectivity index (χ1n) is 7.49. The summed E-state index contributed by atoms with van der Waals surface area (Å²) in [6.07, 6.45) is -0.716. The Morgan fingerprint density at radius 2 is 1.87 bits per heavy atom. The van der Waals surface area contributed by atoms with Crippen molar-refractivity contribution < 1.29 is 14.6 Å². The van der Waals surface area contributed by atoms with Crippen LogP contribution in [0.15, 0.2) is 48.5 Å². The lowest BCUT2D eigenvalue weighted by molar-refractivity contribution is -0.119. The van der Waals surface area contributed by atoms with E-state index in [0.29, 0.717) is 5.75 Å². The Kier molecular flexibility index (Phi) is 6.00. The number of hydrogen-bond acceptors (Lipinski definition) is 4. The maximum atomic E-state index is 11.9. The maximum Gasteiger partial charge on any atom is 0.239 e. The molecule has 0 aromatic heterocycles. The Morgan fingerprint density at radius 1 is 1.17 bits per heavy atom. The molecule has 1 unspecified atom stereocenters. The first-order valence-corrected chi connectivity index (χ1v) is 7.49. The summed E-state index contributed by atoms with van der Waals surface area (Å²) >= 11 is 0. The van der Waals surface area contributed by atoms with E-state index in [0.717, 1.165) is 16.8 Å². The van der Waals surface area contributed by atoms with Gasteiger partial charge in [-0.1, -0.05) is 36.4 Å². The number of hydrogen-bond donors (Lipinski definition) is 3. The quantitative estimate of drug-likeness (QED) is 0.733. The van der Waals surface area contributed by atoms with Crippen molar-refractivity contribution in [2.75, 3.05) is 25.5 Å². The van der Waals surface area contributed by atoms with E-state index >= 15 is 0 Å². The first kappa shape index (κ1) is 16.8. The molecule has 1 atom stereocenters. The van der Waals surface area contributed by atoms with E-state index in [1.165, 1.54) is 0 Å². The van der Waals surface area contributed by atoms with Gasteiger partial charge in [0, 0.05) is 6.54 Å². The molecule has 0 aliphatic carbocycles. The molecule has 122 valence electrons. The van der Waals surface area contributed by atoms with Crippen molar-refractivity contribution in [1.29, 1.82) is 0 Å². The van der Waals surface area contributed by atoms with E-state index in [4.69, 9.17) is 4.74 Å². The van der Waals surface area contributed by atoms with Crippen LogP contribution >= 0.6 is 0 Å². The van der Waals surface area contributed by atoms with E-state index < -0.39 is 6.10 Å². The van der Waals surface area contributed by atoms with Crippen LogP contribution in [0.5, 0.6) is 5.75 Å². The van der Waals surface area contributed by atoms with Gasteiger partial charge in [0.1, 0.15) is 5.75 Å². The second kappa shape index (κ2) is 8.19. The molecule has 3 N–H and O–H groups in total. The Bertz CT molecular complexity index is 658. The molecule has 5 nitrogen and oxygen atoms in total. The second-order valence-corrected chi connectivity index (χ2v) is 5.23. The first-order chi connectivity index (χ1) is 11.1. The molecule has 0 fully saturated rings. The molecule has 0 saturated carbocycles. The molecular weight excluding hydrogens is 292 g/mol. The van der Waals surface area contributed by atoms with Gasteiger partial charge in [0.25, 0.3) is 0 Å². The van der Waals surface area contributed by atoms with Gasteiger partial charge in [0.2, 0.25) is 5.91 Å². The van der Waals surface area contributed by atoms with Gasteiger partial charge in [-0.3, -0.25) is 4.79 Å². The van der Waals surface area contributed by atoms with Crippen molar-refractivity contribution in [3.63, 3.8) is 0 Å². The molecule has 23 heavy (non-hydrogen) atoms. The zero-order valence-corrected chi connectivity index (χ0v) is 13.4. The van der Waals surface area contributed by atoms with Crippen LogP contribution in [0.1, 0.15) is 17.2 Å². The number of ether oxygens (including phenoxy) is 1. The SMILES string of the molecule is COc1ccccc1NCC(=O)NCC(O)c1ccccc1C. The molecule has 2 rings (SSSR count). The maximum absolute atomic E-state index is 11.9. The fraction of sp³-hybridized carbons (Fsp3) is 0.278. The largest absolute Gasteiger partial charge is 0.495 e. The monoisotopic (exact) mass is 314 g/mol. The fourth-order valence-electron chi connectivity index (χ4n) is 2.31. The molecule has 2 aromatic carbocycles. The average Bonchev–Trinajstić information content (AvgIpc) is 2.58. The van der Waals surface area contributed by atoms with Crippen LogP contribution < -0.4 is 15.4 Å². The molecule has 1 amide bonds. The highest BCUT2D eigenvalue weighted by Gasteiger charge is 2.11. The third-order valence-corrected chi connectivity index (χ3v) is 3.59. The van der Waals surface area contributed by atoms with Gasteiger partial charge in [0.05, 0.1) is 25.4 Å². The van der Waals surface area contributed by atoms with Crippen molar-refractivity contribution in [3.8, 4) is 5.75 Å². The number of benzene rings is 2. The van der Waals surface area contributed by atoms with Crippen molar-refractivity contribution in [2.24, 2.45) is 0 Å². The van der Waals surface area contributed by atoms with Crippen LogP contribution in [0.25, 0.3) is 0 Å². The van der Waals surface area contributed by atoms with Gasteiger partial charge in [-0.25, -0.2) is 0 Å². The number of aliphatic hydroxyl groups is 1. The minimum atomic E-state index is -0.716. The van der Waals surface area contributed by atoms with E-state index in [1.807, 2.05) is 55.5 Å².